The molecule has 3 N–H and O–H groups in total. The SMILES string of the molecule is [2H]C([2H])([2H])n1cc(Cc2ccccc2OCCN2CCNC(=O)C2)c(-c2cc(Cl)nc(N)n2)n1. The molecule has 0 spiro atoms. The van der Waals surface area contributed by atoms with Gasteiger partial charge >= 0.3 is 0 Å². The van der Waals surface area contributed by atoms with Gasteiger partial charge in [-0.1, -0.05) is 29.8 Å². The monoisotopic (exact) mass is 444 g/mol. The number of aromatic nitrogens is 4. The molecule has 0 saturated carbocycles. The standard InChI is InChI=1S/C21H24ClN7O2/c1-28-12-15(20(27-28)16-11-18(22)26-21(23)25-16)10-14-4-2-3-5-17(14)31-9-8-29-7-6-24-19(30)13-29/h2-5,11-12H,6-10,13H2,1H3,(H,24,30)(H2,23,25,26)/i1D3. The highest BCUT2D eigenvalue weighted by atomic mass is 35.5. The summed E-state index contributed by atoms with van der Waals surface area (Å²) < 4.78 is 30.2. The highest BCUT2D eigenvalue weighted by molar-refractivity contribution is 6.29. The van der Waals surface area contributed by atoms with Gasteiger partial charge in [0.15, 0.2) is 0 Å². The second-order valence-corrected chi connectivity index (χ2v) is 7.53. The second kappa shape index (κ2) is 9.32. The number of benzene rings is 1. The molecule has 1 aliphatic heterocycles. The molecule has 4 rings (SSSR count). The highest BCUT2D eigenvalue weighted by Gasteiger charge is 2.17. The van der Waals surface area contributed by atoms with Gasteiger partial charge in [0.1, 0.15) is 23.2 Å². The molecule has 31 heavy (non-hydrogen) atoms. The van der Waals surface area contributed by atoms with Gasteiger partial charge in [-0.2, -0.15) is 5.10 Å². The number of carbonyl (C=O) groups is 1. The van der Waals surface area contributed by atoms with Gasteiger partial charge < -0.3 is 15.8 Å². The molecule has 2 aromatic heterocycles. The van der Waals surface area contributed by atoms with Crippen molar-refractivity contribution in [2.24, 2.45) is 6.98 Å². The Labute approximate surface area is 189 Å². The molecule has 1 aliphatic rings. The summed E-state index contributed by atoms with van der Waals surface area (Å²) in [6.07, 6.45) is 1.81. The van der Waals surface area contributed by atoms with Gasteiger partial charge in [0, 0.05) is 55.0 Å². The van der Waals surface area contributed by atoms with Crippen LogP contribution in [0.4, 0.5) is 5.95 Å². The summed E-state index contributed by atoms with van der Waals surface area (Å²) in [5, 5.41) is 7.19. The Morgan fingerprint density at radius 3 is 3.00 bits per heavy atom. The Hall–Kier alpha value is -3.17. The number of carbonyl (C=O) groups excluding carboxylic acids is 1. The number of aryl methyl sites for hydroxylation is 1. The molecule has 0 radical (unpaired) electrons. The Balaban J connectivity index is 1.57. The smallest absolute Gasteiger partial charge is 0.234 e. The number of nitrogens with zero attached hydrogens (tertiary/aromatic N) is 5. The lowest BCUT2D eigenvalue weighted by molar-refractivity contribution is -0.124. The number of nitrogens with two attached hydrogens (primary N) is 1. The minimum atomic E-state index is -2.47. The zero-order valence-corrected chi connectivity index (χ0v) is 17.5. The number of para-hydroxylation sites is 1. The normalized spacial score (nSPS) is 16.3. The first-order valence-corrected chi connectivity index (χ1v) is 10.2. The summed E-state index contributed by atoms with van der Waals surface area (Å²) in [7, 11) is 0. The van der Waals surface area contributed by atoms with Crippen LogP contribution in [-0.2, 0) is 18.2 Å². The van der Waals surface area contributed by atoms with Gasteiger partial charge in [-0.05, 0) is 11.6 Å². The number of ether oxygens (including phenoxy) is 1. The summed E-state index contributed by atoms with van der Waals surface area (Å²) in [6.45, 7) is 0.314. The van der Waals surface area contributed by atoms with Gasteiger partial charge in [-0.3, -0.25) is 14.4 Å². The molecular weight excluding hydrogens is 418 g/mol. The lowest BCUT2D eigenvalue weighted by Gasteiger charge is -2.26. The number of nitrogen functional groups attached to an aromatic ring is 1. The van der Waals surface area contributed by atoms with Gasteiger partial charge in [0.05, 0.1) is 12.2 Å². The summed E-state index contributed by atoms with van der Waals surface area (Å²) in [4.78, 5) is 21.6. The number of anilines is 1. The Morgan fingerprint density at radius 1 is 1.32 bits per heavy atom. The first-order chi connectivity index (χ1) is 16.2. The van der Waals surface area contributed by atoms with E-state index in [4.69, 9.17) is 26.2 Å². The number of rotatable bonds is 7. The number of halogens is 1. The fraction of sp³-hybridized carbons (Fsp3) is 0.333. The number of hydrogen-bond donors (Lipinski definition) is 2. The summed E-state index contributed by atoms with van der Waals surface area (Å²) in [6, 6.07) is 8.99. The zero-order valence-electron chi connectivity index (χ0n) is 19.7. The molecule has 0 aliphatic carbocycles. The van der Waals surface area contributed by atoms with E-state index in [-0.39, 0.29) is 17.0 Å². The van der Waals surface area contributed by atoms with Crippen LogP contribution in [-0.4, -0.2) is 63.3 Å². The largest absolute Gasteiger partial charge is 0.492 e. The van der Waals surface area contributed by atoms with Crippen LogP contribution in [0.1, 0.15) is 15.2 Å². The van der Waals surface area contributed by atoms with Crippen molar-refractivity contribution in [3.63, 3.8) is 0 Å². The maximum Gasteiger partial charge on any atom is 0.234 e. The second-order valence-electron chi connectivity index (χ2n) is 7.14. The third-order valence-corrected chi connectivity index (χ3v) is 5.07. The molecule has 1 aromatic carbocycles. The first kappa shape index (κ1) is 17.5. The Bertz CT molecular complexity index is 1170. The van der Waals surface area contributed by atoms with E-state index in [0.717, 1.165) is 16.8 Å². The van der Waals surface area contributed by atoms with Crippen LogP contribution in [0, 0.1) is 0 Å². The molecule has 3 aromatic rings. The predicted molar refractivity (Wildman–Crippen MR) is 118 cm³/mol. The molecule has 10 heteroatoms. The molecule has 0 bridgehead atoms. The molecule has 1 amide bonds. The van der Waals surface area contributed by atoms with E-state index in [1.54, 1.807) is 0 Å². The van der Waals surface area contributed by atoms with Crippen LogP contribution in [0.2, 0.25) is 5.15 Å². The van der Waals surface area contributed by atoms with E-state index in [1.807, 2.05) is 29.2 Å². The third kappa shape index (κ3) is 5.31. The average molecular weight is 445 g/mol. The van der Waals surface area contributed by atoms with E-state index in [0.29, 0.717) is 55.4 Å². The third-order valence-electron chi connectivity index (χ3n) is 4.88. The lowest BCUT2D eigenvalue weighted by Crippen LogP contribution is -2.48. The Morgan fingerprint density at radius 2 is 2.19 bits per heavy atom. The molecule has 0 atom stereocenters. The maximum atomic E-state index is 11.6. The van der Waals surface area contributed by atoms with Crippen LogP contribution in [0.3, 0.4) is 0 Å². The lowest BCUT2D eigenvalue weighted by atomic mass is 10.0. The topological polar surface area (TPSA) is 111 Å². The van der Waals surface area contributed by atoms with Gasteiger partial charge in [0.2, 0.25) is 11.9 Å². The van der Waals surface area contributed by atoms with Crippen molar-refractivity contribution in [3.8, 4) is 17.1 Å². The van der Waals surface area contributed by atoms with Gasteiger partial charge in [-0.25, -0.2) is 9.97 Å². The highest BCUT2D eigenvalue weighted by Crippen LogP contribution is 2.28. The number of amides is 1. The summed E-state index contributed by atoms with van der Waals surface area (Å²) in [5.74, 6) is 0.639. The van der Waals surface area contributed by atoms with Crippen LogP contribution >= 0.6 is 11.6 Å². The average Bonchev–Trinajstić information content (AvgIpc) is 3.19. The van der Waals surface area contributed by atoms with Crippen LogP contribution in [0.5, 0.6) is 5.75 Å². The fourth-order valence-electron chi connectivity index (χ4n) is 3.47. The van der Waals surface area contributed by atoms with Crippen LogP contribution in [0.25, 0.3) is 11.4 Å². The number of nitrogens with one attached hydrogen (secondary N) is 1. The Kier molecular flexibility index (Phi) is 5.26. The van der Waals surface area contributed by atoms with Gasteiger partial charge in [0.25, 0.3) is 0 Å². The van der Waals surface area contributed by atoms with E-state index in [1.165, 1.54) is 12.3 Å². The first-order valence-electron chi connectivity index (χ1n) is 11.3. The van der Waals surface area contributed by atoms with Crippen molar-refractivity contribution in [2.75, 3.05) is 38.5 Å². The minimum absolute atomic E-state index is 0.0101. The molecule has 0 unspecified atom stereocenters. The van der Waals surface area contributed by atoms with Crippen LogP contribution < -0.4 is 15.8 Å². The molecule has 162 valence electrons. The van der Waals surface area contributed by atoms with E-state index in [9.17, 15) is 4.79 Å². The van der Waals surface area contributed by atoms with Crippen molar-refractivity contribution in [1.82, 2.24) is 30.0 Å². The van der Waals surface area contributed by atoms with Crippen molar-refractivity contribution >= 4 is 23.5 Å². The molecule has 9 nitrogen and oxygen atoms in total. The maximum absolute atomic E-state index is 11.6. The molecule has 1 fully saturated rings. The predicted octanol–water partition coefficient (Wildman–Crippen LogP) is 1.51. The summed E-state index contributed by atoms with van der Waals surface area (Å²) >= 11 is 6.04. The van der Waals surface area contributed by atoms with Crippen molar-refractivity contribution in [3.05, 3.63) is 52.8 Å². The van der Waals surface area contributed by atoms with E-state index >= 15 is 0 Å². The number of hydrogen-bond acceptors (Lipinski definition) is 7. The molecular formula is C21H24ClN7O2. The fourth-order valence-corrected chi connectivity index (χ4v) is 3.66. The van der Waals surface area contributed by atoms with E-state index in [2.05, 4.69) is 20.4 Å². The van der Waals surface area contributed by atoms with Gasteiger partial charge in [-0.15, -0.1) is 0 Å². The van der Waals surface area contributed by atoms with Crippen LogP contribution in [0.15, 0.2) is 36.5 Å². The van der Waals surface area contributed by atoms with Crippen molar-refractivity contribution in [1.29, 1.82) is 0 Å². The zero-order chi connectivity index (χ0) is 24.3. The quantitative estimate of drug-likeness (QED) is 0.531. The summed E-state index contributed by atoms with van der Waals surface area (Å²) in [5.41, 5.74) is 7.88. The minimum Gasteiger partial charge on any atom is -0.492 e. The number of piperazine rings is 1. The van der Waals surface area contributed by atoms with E-state index < -0.39 is 6.98 Å². The molecule has 1 saturated heterocycles. The molecule has 3 heterocycles. The van der Waals surface area contributed by atoms with Crippen molar-refractivity contribution in [2.45, 2.75) is 6.42 Å². The van der Waals surface area contributed by atoms with Crippen molar-refractivity contribution < 1.29 is 13.6 Å².